The summed E-state index contributed by atoms with van der Waals surface area (Å²) >= 11 is 0. The number of hydrogen-bond acceptors (Lipinski definition) is 1. The summed E-state index contributed by atoms with van der Waals surface area (Å²) in [6.45, 7) is 3.52. The second kappa shape index (κ2) is 3.95. The summed E-state index contributed by atoms with van der Waals surface area (Å²) < 4.78 is 0. The van der Waals surface area contributed by atoms with Crippen molar-refractivity contribution in [1.29, 1.82) is 0 Å². The van der Waals surface area contributed by atoms with E-state index in [1.54, 1.807) is 7.41 Å². The van der Waals surface area contributed by atoms with Crippen LogP contribution in [0.3, 0.4) is 0 Å². The Morgan fingerprint density at radius 1 is 1.33 bits per heavy atom. The first-order valence-corrected chi connectivity index (χ1v) is 3.85. The first kappa shape index (κ1) is 8.85. The van der Waals surface area contributed by atoms with Gasteiger partial charge in [0.2, 0.25) is 5.91 Å². The lowest BCUT2D eigenvalue weighted by molar-refractivity contribution is -0.117. The lowest BCUT2D eigenvalue weighted by Gasteiger charge is -1.99. The molecule has 2 nitrogen and oxygen atoms in total. The van der Waals surface area contributed by atoms with Gasteiger partial charge in [0.15, 0.2) is 0 Å². The molecule has 1 rings (SSSR count). The maximum absolute atomic E-state index is 10.5. The van der Waals surface area contributed by atoms with Crippen molar-refractivity contribution < 1.29 is 4.79 Å². The van der Waals surface area contributed by atoms with E-state index in [-0.39, 0.29) is 5.91 Å². The third-order valence-corrected chi connectivity index (χ3v) is 1.52. The van der Waals surface area contributed by atoms with Gasteiger partial charge >= 0.3 is 0 Å². The van der Waals surface area contributed by atoms with Crippen LogP contribution in [0.25, 0.3) is 0 Å². The lowest BCUT2D eigenvalue weighted by Crippen LogP contribution is -2.33. The zero-order valence-electron chi connectivity index (χ0n) is 7.29. The summed E-state index contributed by atoms with van der Waals surface area (Å²) in [6, 6.07) is 7.94. The summed E-state index contributed by atoms with van der Waals surface area (Å²) in [4.78, 5) is 10.5. The minimum absolute atomic E-state index is 0.0458. The number of aryl methyl sites for hydroxylation is 1. The van der Waals surface area contributed by atoms with Crippen molar-refractivity contribution in [3.8, 4) is 0 Å². The smallest absolute Gasteiger partial charge is 0.284 e. The van der Waals surface area contributed by atoms with Gasteiger partial charge in [-0.2, -0.15) is 0 Å². The van der Waals surface area contributed by atoms with E-state index < -0.39 is 0 Å². The fourth-order valence-electron chi connectivity index (χ4n) is 0.848. The Morgan fingerprint density at radius 2 is 1.92 bits per heavy atom. The molecule has 0 atom stereocenters. The van der Waals surface area contributed by atoms with Crippen LogP contribution in [-0.4, -0.2) is 13.3 Å². The number of amides is 1. The molecule has 12 heavy (non-hydrogen) atoms. The maximum atomic E-state index is 10.5. The van der Waals surface area contributed by atoms with Crippen LogP contribution in [0.15, 0.2) is 24.3 Å². The summed E-state index contributed by atoms with van der Waals surface area (Å²) in [5.74, 6) is -0.0458. The molecule has 61 valence electrons. The van der Waals surface area contributed by atoms with Crippen molar-refractivity contribution in [2.45, 2.75) is 13.8 Å². The molecular formula is C9H11BNO. The van der Waals surface area contributed by atoms with Gasteiger partial charge in [-0.15, -0.1) is 0 Å². The Balaban J connectivity index is 2.53. The van der Waals surface area contributed by atoms with E-state index in [1.807, 2.05) is 31.2 Å². The number of nitrogens with one attached hydrogen (secondary N) is 1. The van der Waals surface area contributed by atoms with Crippen molar-refractivity contribution in [2.24, 2.45) is 0 Å². The normalized spacial score (nSPS) is 9.17. The SMILES string of the molecule is CC(=O)N[B]c1ccc(C)cc1. The average Bonchev–Trinajstić information content (AvgIpc) is 2.03. The Morgan fingerprint density at radius 3 is 2.42 bits per heavy atom. The highest BCUT2D eigenvalue weighted by molar-refractivity contribution is 6.53. The molecule has 0 fully saturated rings. The van der Waals surface area contributed by atoms with E-state index in [0.717, 1.165) is 5.46 Å². The Bertz CT molecular complexity index is 268. The van der Waals surface area contributed by atoms with E-state index in [2.05, 4.69) is 5.23 Å². The van der Waals surface area contributed by atoms with Gasteiger partial charge in [0.05, 0.1) is 0 Å². The number of carbonyl (C=O) groups is 1. The highest BCUT2D eigenvalue weighted by Gasteiger charge is 1.96. The Labute approximate surface area is 73.2 Å². The molecule has 0 aliphatic heterocycles. The van der Waals surface area contributed by atoms with Gasteiger partial charge in [-0.05, 0) is 6.92 Å². The van der Waals surface area contributed by atoms with Gasteiger partial charge in [-0.25, -0.2) is 0 Å². The largest absolute Gasteiger partial charge is 0.399 e. The van der Waals surface area contributed by atoms with Crippen LogP contribution in [-0.2, 0) is 4.79 Å². The first-order chi connectivity index (χ1) is 5.68. The molecule has 1 aromatic carbocycles. The Kier molecular flexibility index (Phi) is 2.91. The third kappa shape index (κ3) is 2.78. The van der Waals surface area contributed by atoms with Crippen LogP contribution in [0.1, 0.15) is 12.5 Å². The number of benzene rings is 1. The highest BCUT2D eigenvalue weighted by atomic mass is 16.1. The molecule has 0 aliphatic carbocycles. The zero-order chi connectivity index (χ0) is 8.97. The van der Waals surface area contributed by atoms with E-state index >= 15 is 0 Å². The fourth-order valence-corrected chi connectivity index (χ4v) is 0.848. The second-order valence-corrected chi connectivity index (χ2v) is 2.76. The van der Waals surface area contributed by atoms with Gasteiger partial charge in [-0.1, -0.05) is 35.3 Å². The number of carbonyl (C=O) groups excluding carboxylic acids is 1. The minimum Gasteiger partial charge on any atom is -0.399 e. The summed E-state index contributed by atoms with van der Waals surface area (Å²) in [6.07, 6.45) is 0. The molecule has 0 heterocycles. The molecule has 3 heteroatoms. The molecule has 1 N–H and O–H groups in total. The minimum atomic E-state index is -0.0458. The fraction of sp³-hybridized carbons (Fsp3) is 0.222. The van der Waals surface area contributed by atoms with Crippen molar-refractivity contribution in [3.05, 3.63) is 29.8 Å². The maximum Gasteiger partial charge on any atom is 0.284 e. The standard InChI is InChI=1S/C9H11BNO/c1-7-3-5-9(6-4-7)10-11-8(2)12/h3-6H,1-2H3,(H,11,12). The molecule has 0 aliphatic rings. The van der Waals surface area contributed by atoms with Gasteiger partial charge in [0.25, 0.3) is 7.41 Å². The van der Waals surface area contributed by atoms with Crippen LogP contribution in [0.4, 0.5) is 0 Å². The predicted molar refractivity (Wildman–Crippen MR) is 50.4 cm³/mol. The average molecular weight is 160 g/mol. The van der Waals surface area contributed by atoms with Gasteiger partial charge in [0.1, 0.15) is 0 Å². The molecule has 0 saturated carbocycles. The topological polar surface area (TPSA) is 29.1 Å². The summed E-state index contributed by atoms with van der Waals surface area (Å²) in [5, 5.41) is 2.62. The van der Waals surface area contributed by atoms with E-state index in [9.17, 15) is 4.79 Å². The van der Waals surface area contributed by atoms with Crippen LogP contribution in [0.5, 0.6) is 0 Å². The van der Waals surface area contributed by atoms with Crippen LogP contribution in [0, 0.1) is 6.92 Å². The van der Waals surface area contributed by atoms with Gasteiger partial charge in [0, 0.05) is 6.92 Å². The molecule has 0 bridgehead atoms. The molecular weight excluding hydrogens is 149 g/mol. The molecule has 0 unspecified atom stereocenters. The number of rotatable bonds is 2. The van der Waals surface area contributed by atoms with Crippen molar-refractivity contribution in [1.82, 2.24) is 5.23 Å². The quantitative estimate of drug-likeness (QED) is 0.622. The summed E-state index contributed by atoms with van der Waals surface area (Å²) in [7, 11) is 1.70. The van der Waals surface area contributed by atoms with Crippen LogP contribution in [0.2, 0.25) is 0 Å². The highest BCUT2D eigenvalue weighted by Crippen LogP contribution is 1.91. The number of hydrogen-bond donors (Lipinski definition) is 1. The second-order valence-electron chi connectivity index (χ2n) is 2.76. The lowest BCUT2D eigenvalue weighted by atomic mass is 9.82. The molecule has 1 radical (unpaired) electrons. The first-order valence-electron chi connectivity index (χ1n) is 3.85. The van der Waals surface area contributed by atoms with Gasteiger partial charge in [-0.3, -0.25) is 4.79 Å². The molecule has 1 aromatic rings. The molecule has 0 aromatic heterocycles. The zero-order valence-corrected chi connectivity index (χ0v) is 7.29. The van der Waals surface area contributed by atoms with Crippen molar-refractivity contribution in [2.75, 3.05) is 0 Å². The van der Waals surface area contributed by atoms with Crippen molar-refractivity contribution in [3.63, 3.8) is 0 Å². The van der Waals surface area contributed by atoms with E-state index in [1.165, 1.54) is 12.5 Å². The van der Waals surface area contributed by atoms with E-state index in [4.69, 9.17) is 0 Å². The summed E-state index contributed by atoms with van der Waals surface area (Å²) in [5.41, 5.74) is 2.23. The third-order valence-electron chi connectivity index (χ3n) is 1.52. The predicted octanol–water partition coefficient (Wildman–Crippen LogP) is 0.376. The van der Waals surface area contributed by atoms with E-state index in [0.29, 0.717) is 0 Å². The molecule has 0 spiro atoms. The Hall–Kier alpha value is -1.25. The van der Waals surface area contributed by atoms with Crippen LogP contribution < -0.4 is 10.7 Å². The molecule has 1 amide bonds. The van der Waals surface area contributed by atoms with Gasteiger partial charge < -0.3 is 5.23 Å². The molecule has 0 saturated heterocycles. The monoisotopic (exact) mass is 160 g/mol. The van der Waals surface area contributed by atoms with Crippen LogP contribution >= 0.6 is 0 Å². The van der Waals surface area contributed by atoms with Crippen molar-refractivity contribution >= 4 is 18.8 Å².